The molecule has 1 heterocycles. The van der Waals surface area contributed by atoms with Crippen molar-refractivity contribution in [2.45, 2.75) is 36.6 Å². The molecule has 0 bridgehead atoms. The van der Waals surface area contributed by atoms with Gasteiger partial charge in [0.2, 0.25) is 0 Å². The second kappa shape index (κ2) is 4.96. The lowest BCUT2D eigenvalue weighted by molar-refractivity contribution is 0.303. The Bertz CT molecular complexity index is 364. The first-order valence-corrected chi connectivity index (χ1v) is 8.74. The minimum absolute atomic E-state index is 0. The summed E-state index contributed by atoms with van der Waals surface area (Å²) in [6, 6.07) is -0.191. The van der Waals surface area contributed by atoms with E-state index in [-0.39, 0.29) is 30.3 Å². The molecule has 18 heavy (non-hydrogen) atoms. The van der Waals surface area contributed by atoms with Crippen molar-refractivity contribution in [1.29, 1.82) is 0 Å². The van der Waals surface area contributed by atoms with Crippen LogP contribution >= 0.6 is 15.2 Å². The van der Waals surface area contributed by atoms with Crippen LogP contribution in [-0.4, -0.2) is 42.5 Å². The van der Waals surface area contributed by atoms with E-state index in [1.165, 1.54) is 0 Å². The summed E-state index contributed by atoms with van der Waals surface area (Å²) in [4.78, 5) is 35.2. The molecule has 0 amide bonds. The number of hydrogen-bond donors (Lipinski definition) is 5. The number of fused-ring (bicyclic) bond motifs is 1. The molecule has 108 valence electrons. The first kappa shape index (κ1) is 16.3. The molecule has 1 aliphatic heterocycles. The van der Waals surface area contributed by atoms with Crippen LogP contribution in [0.5, 0.6) is 0 Å². The highest BCUT2D eigenvalue weighted by Crippen LogP contribution is 2.76. The number of piperidine rings is 1. The summed E-state index contributed by atoms with van der Waals surface area (Å²) in [6.45, 7) is 0.736. The van der Waals surface area contributed by atoms with E-state index in [1.54, 1.807) is 0 Å². The first-order valence-electron chi connectivity index (χ1n) is 5.52. The summed E-state index contributed by atoms with van der Waals surface area (Å²) in [5, 5.41) is 3.09. The SMILES string of the molecule is O.O=P(O)(O)C1(P(=O)(O)O)CC2CCCNC2C1. The van der Waals surface area contributed by atoms with Gasteiger partial charge in [-0.3, -0.25) is 9.13 Å². The van der Waals surface area contributed by atoms with E-state index in [2.05, 4.69) is 5.32 Å². The van der Waals surface area contributed by atoms with Crippen LogP contribution in [0, 0.1) is 5.92 Å². The lowest BCUT2D eigenvalue weighted by atomic mass is 9.94. The van der Waals surface area contributed by atoms with Gasteiger partial charge in [0.15, 0.2) is 4.90 Å². The molecule has 2 rings (SSSR count). The van der Waals surface area contributed by atoms with Crippen LogP contribution in [0.4, 0.5) is 0 Å². The maximum atomic E-state index is 11.5. The summed E-state index contributed by atoms with van der Waals surface area (Å²) in [5.41, 5.74) is 0. The minimum Gasteiger partial charge on any atom is -0.412 e. The molecule has 0 spiro atoms. The summed E-state index contributed by atoms with van der Waals surface area (Å²) in [6.07, 6.45) is 1.39. The molecule has 8 nitrogen and oxygen atoms in total. The standard InChI is InChI=1S/C8H17NO6P2.H2O/c10-16(11,12)8(17(13,14)15)4-6-2-1-3-9-7(6)5-8;/h6-7,9H,1-5H2,(H2,10,11,12)(H2,13,14,15);1H2. The van der Waals surface area contributed by atoms with E-state index >= 15 is 0 Å². The van der Waals surface area contributed by atoms with Crippen molar-refractivity contribution in [1.82, 2.24) is 5.32 Å². The Balaban J connectivity index is 0.00000162. The summed E-state index contributed by atoms with van der Waals surface area (Å²) in [5.74, 6) is -0.0519. The fourth-order valence-corrected chi connectivity index (χ4v) is 6.17. The van der Waals surface area contributed by atoms with Gasteiger partial charge in [0, 0.05) is 6.04 Å². The van der Waals surface area contributed by atoms with E-state index in [9.17, 15) is 28.7 Å². The van der Waals surface area contributed by atoms with Crippen LogP contribution in [0.1, 0.15) is 25.7 Å². The molecule has 1 saturated heterocycles. The predicted molar refractivity (Wildman–Crippen MR) is 64.2 cm³/mol. The lowest BCUT2D eigenvalue weighted by Crippen LogP contribution is -2.38. The second-order valence-corrected chi connectivity index (χ2v) is 9.18. The highest BCUT2D eigenvalue weighted by molar-refractivity contribution is 7.72. The number of rotatable bonds is 2. The first-order chi connectivity index (χ1) is 7.67. The third-order valence-electron chi connectivity index (χ3n) is 3.95. The molecule has 0 radical (unpaired) electrons. The van der Waals surface area contributed by atoms with Gasteiger partial charge in [-0.25, -0.2) is 0 Å². The van der Waals surface area contributed by atoms with E-state index in [4.69, 9.17) is 0 Å². The van der Waals surface area contributed by atoms with Crippen molar-refractivity contribution < 1.29 is 34.2 Å². The van der Waals surface area contributed by atoms with Crippen molar-refractivity contribution in [2.24, 2.45) is 5.92 Å². The quantitative estimate of drug-likeness (QED) is 0.425. The molecule has 0 aromatic rings. The number of nitrogens with one attached hydrogen (secondary N) is 1. The highest BCUT2D eigenvalue weighted by atomic mass is 31.2. The van der Waals surface area contributed by atoms with Crippen LogP contribution in [0.2, 0.25) is 0 Å². The lowest BCUT2D eigenvalue weighted by Gasteiger charge is -2.30. The monoisotopic (exact) mass is 303 g/mol. The number of hydrogen-bond acceptors (Lipinski definition) is 3. The van der Waals surface area contributed by atoms with E-state index in [0.29, 0.717) is 0 Å². The molecular weight excluding hydrogens is 284 g/mol. The van der Waals surface area contributed by atoms with Gasteiger partial charge in [-0.05, 0) is 38.1 Å². The second-order valence-electron chi connectivity index (χ2n) is 4.94. The van der Waals surface area contributed by atoms with E-state index < -0.39 is 20.1 Å². The maximum Gasteiger partial charge on any atom is 0.343 e. The maximum absolute atomic E-state index is 11.5. The molecule has 2 fully saturated rings. The Hall–Kier alpha value is 0.220. The Morgan fingerprint density at radius 1 is 1.06 bits per heavy atom. The smallest absolute Gasteiger partial charge is 0.343 e. The van der Waals surface area contributed by atoms with Gasteiger partial charge < -0.3 is 30.4 Å². The molecule has 2 aliphatic rings. The van der Waals surface area contributed by atoms with Crippen molar-refractivity contribution in [3.8, 4) is 0 Å². The molecule has 0 aromatic heterocycles. The largest absolute Gasteiger partial charge is 0.412 e. The van der Waals surface area contributed by atoms with Gasteiger partial charge in [0.05, 0.1) is 0 Å². The van der Waals surface area contributed by atoms with Crippen LogP contribution in [0.3, 0.4) is 0 Å². The minimum atomic E-state index is -4.84. The fraction of sp³-hybridized carbons (Fsp3) is 1.00. The van der Waals surface area contributed by atoms with Crippen molar-refractivity contribution in [3.05, 3.63) is 0 Å². The Morgan fingerprint density at radius 2 is 1.61 bits per heavy atom. The zero-order chi connectivity index (χ0) is 12.9. The average Bonchev–Trinajstić information content (AvgIpc) is 2.55. The zero-order valence-electron chi connectivity index (χ0n) is 9.69. The Labute approximate surface area is 104 Å². The van der Waals surface area contributed by atoms with Crippen LogP contribution in [0.15, 0.2) is 0 Å². The highest BCUT2D eigenvalue weighted by Gasteiger charge is 2.65. The Morgan fingerprint density at radius 3 is 2.06 bits per heavy atom. The predicted octanol–water partition coefficient (Wildman–Crippen LogP) is -0.625. The average molecular weight is 303 g/mol. The molecule has 7 N–H and O–H groups in total. The third kappa shape index (κ3) is 2.44. The summed E-state index contributed by atoms with van der Waals surface area (Å²) < 4.78 is 23.0. The van der Waals surface area contributed by atoms with Crippen molar-refractivity contribution in [2.75, 3.05) is 6.54 Å². The molecule has 1 saturated carbocycles. The van der Waals surface area contributed by atoms with Crippen molar-refractivity contribution >= 4 is 15.2 Å². The van der Waals surface area contributed by atoms with Crippen LogP contribution in [-0.2, 0) is 9.13 Å². The summed E-state index contributed by atoms with van der Waals surface area (Å²) in [7, 11) is -9.68. The Kier molecular flexibility index (Phi) is 4.49. The van der Waals surface area contributed by atoms with Gasteiger partial charge in [-0.2, -0.15) is 0 Å². The molecular formula is C8H19NO7P2. The van der Waals surface area contributed by atoms with E-state index in [1.807, 2.05) is 0 Å². The fourth-order valence-electron chi connectivity index (χ4n) is 3.00. The molecule has 2 atom stereocenters. The molecule has 2 unspecified atom stereocenters. The van der Waals surface area contributed by atoms with Gasteiger partial charge in [-0.1, -0.05) is 0 Å². The van der Waals surface area contributed by atoms with Crippen molar-refractivity contribution in [3.63, 3.8) is 0 Å². The normalized spacial score (nSPS) is 31.6. The zero-order valence-corrected chi connectivity index (χ0v) is 11.5. The van der Waals surface area contributed by atoms with Crippen LogP contribution < -0.4 is 5.32 Å². The van der Waals surface area contributed by atoms with Gasteiger partial charge in [0.1, 0.15) is 0 Å². The van der Waals surface area contributed by atoms with Gasteiger partial charge >= 0.3 is 15.2 Å². The summed E-state index contributed by atoms with van der Waals surface area (Å²) >= 11 is 0. The van der Waals surface area contributed by atoms with Crippen LogP contribution in [0.25, 0.3) is 0 Å². The topological polar surface area (TPSA) is 159 Å². The van der Waals surface area contributed by atoms with E-state index in [0.717, 1.165) is 19.4 Å². The molecule has 1 aliphatic carbocycles. The third-order valence-corrected chi connectivity index (χ3v) is 8.41. The molecule has 10 heteroatoms. The van der Waals surface area contributed by atoms with Gasteiger partial charge in [-0.15, -0.1) is 0 Å². The van der Waals surface area contributed by atoms with Gasteiger partial charge in [0.25, 0.3) is 0 Å². The molecule has 0 aromatic carbocycles.